The minimum atomic E-state index is 0.766. The van der Waals surface area contributed by atoms with Crippen LogP contribution in [0.2, 0.25) is 0 Å². The zero-order valence-corrected chi connectivity index (χ0v) is 19.5. The maximum Gasteiger partial charge on any atom is 0.108 e. The topological polar surface area (TPSA) is 25.8 Å². The van der Waals surface area contributed by atoms with Crippen LogP contribution in [-0.2, 0) is 12.8 Å². The number of aromatic nitrogens is 2. The summed E-state index contributed by atoms with van der Waals surface area (Å²) in [6, 6.07) is 23.3. The number of benzene rings is 2. The highest BCUT2D eigenvalue weighted by atomic mass is 32.1. The van der Waals surface area contributed by atoms with Crippen molar-refractivity contribution in [3.8, 4) is 21.1 Å². The Balaban J connectivity index is 1.47. The highest BCUT2D eigenvalue weighted by Gasteiger charge is 2.15. The fourth-order valence-corrected chi connectivity index (χ4v) is 5.37. The van der Waals surface area contributed by atoms with Crippen molar-refractivity contribution < 1.29 is 0 Å². The highest BCUT2D eigenvalue weighted by Crippen LogP contribution is 2.35. The lowest BCUT2D eigenvalue weighted by Crippen LogP contribution is -2.04. The van der Waals surface area contributed by atoms with Crippen LogP contribution in [0.3, 0.4) is 0 Å². The number of rotatable bonds is 6. The van der Waals surface area contributed by atoms with E-state index in [2.05, 4.69) is 84.4 Å². The Morgan fingerprint density at radius 2 is 1.32 bits per heavy atom. The Labute approximate surface area is 195 Å². The molecule has 0 unspecified atom stereocenters. The number of fused-ring (bicyclic) bond motifs is 1. The van der Waals surface area contributed by atoms with Crippen molar-refractivity contribution in [2.24, 2.45) is 0 Å². The van der Waals surface area contributed by atoms with E-state index in [1.165, 1.54) is 16.7 Å². The number of thiophene rings is 2. The van der Waals surface area contributed by atoms with Gasteiger partial charge in [0, 0.05) is 17.7 Å². The van der Waals surface area contributed by atoms with Gasteiger partial charge >= 0.3 is 0 Å². The molecule has 5 heteroatoms. The predicted octanol–water partition coefficient (Wildman–Crippen LogP) is 7.55. The van der Waals surface area contributed by atoms with Gasteiger partial charge in [0.2, 0.25) is 0 Å². The third kappa shape index (κ3) is 4.49. The molecule has 0 fully saturated rings. The zero-order chi connectivity index (χ0) is 21.2. The maximum atomic E-state index is 5.71. The van der Waals surface area contributed by atoms with E-state index in [0.29, 0.717) is 0 Å². The smallest absolute Gasteiger partial charge is 0.108 e. The Morgan fingerprint density at radius 3 is 1.94 bits per heavy atom. The standard InChI is InChI=1S/C26H20N2S3/c1-17-6-8-18(9-7-17)14-20(29)15-19-10-11-21-22(16-19)28-26(24-5-3-13-31-24)25(27-21)23-4-2-12-30-23/h2-13,16H,14-15H2,1H3. The lowest BCUT2D eigenvalue weighted by Gasteiger charge is -2.10. The fraction of sp³-hybridized carbons (Fsp3) is 0.115. The molecule has 0 radical (unpaired) electrons. The largest absolute Gasteiger partial charge is 0.243 e. The number of aryl methyl sites for hydroxylation is 1. The summed E-state index contributed by atoms with van der Waals surface area (Å²) in [6.07, 6.45) is 1.58. The molecule has 2 aromatic carbocycles. The fourth-order valence-electron chi connectivity index (χ4n) is 3.60. The molecule has 0 saturated carbocycles. The molecular formula is C26H20N2S3. The van der Waals surface area contributed by atoms with E-state index in [1.807, 2.05) is 0 Å². The Bertz CT molecular complexity index is 1340. The van der Waals surface area contributed by atoms with Gasteiger partial charge in [0.25, 0.3) is 0 Å². The van der Waals surface area contributed by atoms with Crippen LogP contribution in [0.25, 0.3) is 32.2 Å². The molecule has 152 valence electrons. The van der Waals surface area contributed by atoms with Gasteiger partial charge in [-0.25, -0.2) is 9.97 Å². The summed E-state index contributed by atoms with van der Waals surface area (Å²) in [5.74, 6) is 0. The average molecular weight is 457 g/mol. The molecule has 0 atom stereocenters. The maximum absolute atomic E-state index is 5.71. The molecule has 2 nitrogen and oxygen atoms in total. The molecule has 3 heterocycles. The molecule has 31 heavy (non-hydrogen) atoms. The number of hydrogen-bond donors (Lipinski definition) is 0. The Kier molecular flexibility index (Phi) is 5.72. The second-order valence-electron chi connectivity index (χ2n) is 7.58. The van der Waals surface area contributed by atoms with Gasteiger partial charge in [0.15, 0.2) is 0 Å². The molecule has 0 aliphatic carbocycles. The van der Waals surface area contributed by atoms with E-state index in [-0.39, 0.29) is 0 Å². The van der Waals surface area contributed by atoms with Crippen LogP contribution in [0.1, 0.15) is 16.7 Å². The summed E-state index contributed by atoms with van der Waals surface area (Å²) in [7, 11) is 0. The Hall–Kier alpha value is -2.73. The van der Waals surface area contributed by atoms with Gasteiger partial charge in [-0.15, -0.1) is 22.7 Å². The highest BCUT2D eigenvalue weighted by molar-refractivity contribution is 7.80. The summed E-state index contributed by atoms with van der Waals surface area (Å²) in [6.45, 7) is 2.10. The normalized spacial score (nSPS) is 11.1. The van der Waals surface area contributed by atoms with Crippen molar-refractivity contribution in [1.82, 2.24) is 9.97 Å². The first-order valence-corrected chi connectivity index (χ1v) is 12.3. The monoisotopic (exact) mass is 456 g/mol. The minimum Gasteiger partial charge on any atom is -0.243 e. The van der Waals surface area contributed by atoms with Gasteiger partial charge in [-0.3, -0.25) is 0 Å². The summed E-state index contributed by atoms with van der Waals surface area (Å²) in [5.41, 5.74) is 7.44. The van der Waals surface area contributed by atoms with E-state index in [1.54, 1.807) is 22.7 Å². The van der Waals surface area contributed by atoms with Gasteiger partial charge in [-0.1, -0.05) is 60.2 Å². The van der Waals surface area contributed by atoms with Crippen LogP contribution in [0.5, 0.6) is 0 Å². The molecule has 0 aliphatic rings. The molecule has 0 amide bonds. The SMILES string of the molecule is Cc1ccc(CC(=S)Cc2ccc3nc(-c4cccs4)c(-c4cccs4)nc3c2)cc1. The lowest BCUT2D eigenvalue weighted by atomic mass is 10.0. The zero-order valence-electron chi connectivity index (χ0n) is 17.0. The first-order chi connectivity index (χ1) is 15.2. The van der Waals surface area contributed by atoms with Gasteiger partial charge in [0.1, 0.15) is 11.4 Å². The van der Waals surface area contributed by atoms with Crippen LogP contribution >= 0.6 is 34.9 Å². The predicted molar refractivity (Wildman–Crippen MR) is 137 cm³/mol. The van der Waals surface area contributed by atoms with Crippen molar-refractivity contribution in [2.45, 2.75) is 19.8 Å². The van der Waals surface area contributed by atoms with Crippen molar-refractivity contribution in [3.63, 3.8) is 0 Å². The van der Waals surface area contributed by atoms with E-state index in [4.69, 9.17) is 22.2 Å². The van der Waals surface area contributed by atoms with Crippen LogP contribution in [0.4, 0.5) is 0 Å². The second kappa shape index (κ2) is 8.79. The Morgan fingerprint density at radius 1 is 0.742 bits per heavy atom. The quantitative estimate of drug-likeness (QED) is 0.247. The number of hydrogen-bond acceptors (Lipinski definition) is 5. The molecule has 0 N–H and O–H groups in total. The molecule has 3 aromatic heterocycles. The van der Waals surface area contributed by atoms with E-state index < -0.39 is 0 Å². The van der Waals surface area contributed by atoms with Crippen LogP contribution in [0, 0.1) is 6.92 Å². The molecule has 0 aliphatic heterocycles. The summed E-state index contributed by atoms with van der Waals surface area (Å²) >= 11 is 9.09. The second-order valence-corrected chi connectivity index (χ2v) is 10.0. The van der Waals surface area contributed by atoms with E-state index in [0.717, 1.165) is 49.9 Å². The first kappa shape index (κ1) is 20.2. The van der Waals surface area contributed by atoms with Gasteiger partial charge < -0.3 is 0 Å². The van der Waals surface area contributed by atoms with Gasteiger partial charge in [-0.05, 0) is 53.1 Å². The van der Waals surface area contributed by atoms with Crippen molar-refractivity contribution in [3.05, 3.63) is 94.2 Å². The van der Waals surface area contributed by atoms with Crippen LogP contribution in [-0.4, -0.2) is 14.8 Å². The lowest BCUT2D eigenvalue weighted by molar-refractivity contribution is 1.24. The summed E-state index contributed by atoms with van der Waals surface area (Å²) in [4.78, 5) is 13.3. The van der Waals surface area contributed by atoms with Crippen molar-refractivity contribution in [2.75, 3.05) is 0 Å². The number of thiocarbonyl (C=S) groups is 1. The molecule has 0 bridgehead atoms. The molecule has 0 spiro atoms. The molecular weight excluding hydrogens is 437 g/mol. The molecule has 5 rings (SSSR count). The molecule has 5 aromatic rings. The average Bonchev–Trinajstić information content (AvgIpc) is 3.49. The van der Waals surface area contributed by atoms with Gasteiger partial charge in [-0.2, -0.15) is 0 Å². The number of nitrogens with zero attached hydrogens (tertiary/aromatic N) is 2. The third-order valence-electron chi connectivity index (χ3n) is 5.16. The van der Waals surface area contributed by atoms with Crippen molar-refractivity contribution >= 4 is 50.8 Å². The van der Waals surface area contributed by atoms with Crippen molar-refractivity contribution in [1.29, 1.82) is 0 Å². The first-order valence-electron chi connectivity index (χ1n) is 10.1. The summed E-state index contributed by atoms with van der Waals surface area (Å²) < 4.78 is 0. The molecule has 0 saturated heterocycles. The van der Waals surface area contributed by atoms with Crippen LogP contribution in [0.15, 0.2) is 77.5 Å². The summed E-state index contributed by atoms with van der Waals surface area (Å²) in [5, 5.41) is 4.16. The van der Waals surface area contributed by atoms with Gasteiger partial charge in [0.05, 0.1) is 20.8 Å². The third-order valence-corrected chi connectivity index (χ3v) is 7.20. The minimum absolute atomic E-state index is 0.766. The van der Waals surface area contributed by atoms with E-state index in [9.17, 15) is 0 Å². The van der Waals surface area contributed by atoms with E-state index >= 15 is 0 Å². The van der Waals surface area contributed by atoms with Crippen LogP contribution < -0.4 is 0 Å².